The van der Waals surface area contributed by atoms with E-state index in [1.165, 1.54) is 64.5 Å². The van der Waals surface area contributed by atoms with Gasteiger partial charge in [-0.1, -0.05) is 12.8 Å². The van der Waals surface area contributed by atoms with Gasteiger partial charge in [-0.25, -0.2) is 0 Å². The van der Waals surface area contributed by atoms with E-state index in [9.17, 15) is 0 Å². The van der Waals surface area contributed by atoms with E-state index in [-0.39, 0.29) is 0 Å². The van der Waals surface area contributed by atoms with E-state index < -0.39 is 0 Å². The second-order valence-corrected chi connectivity index (χ2v) is 6.75. The van der Waals surface area contributed by atoms with Crippen molar-refractivity contribution in [2.45, 2.75) is 63.5 Å². The Morgan fingerprint density at radius 3 is 2.74 bits per heavy atom. The zero-order valence-corrected chi connectivity index (χ0v) is 12.2. The third kappa shape index (κ3) is 3.71. The SMILES string of the molecule is C1COCC(CNC2CCCCC2C2CCCN2)C1. The van der Waals surface area contributed by atoms with Gasteiger partial charge in [0.15, 0.2) is 0 Å². The third-order valence-electron chi connectivity index (χ3n) is 5.36. The van der Waals surface area contributed by atoms with Crippen molar-refractivity contribution in [1.29, 1.82) is 0 Å². The van der Waals surface area contributed by atoms with Crippen molar-refractivity contribution in [1.82, 2.24) is 10.6 Å². The standard InChI is InChI=1S/C16H30N2O/c1-2-7-16(14(6-1)15-8-3-9-17-15)18-11-13-5-4-10-19-12-13/h13-18H,1-12H2. The van der Waals surface area contributed by atoms with Crippen LogP contribution in [0.15, 0.2) is 0 Å². The predicted molar refractivity (Wildman–Crippen MR) is 78.3 cm³/mol. The molecule has 19 heavy (non-hydrogen) atoms. The molecule has 0 aromatic carbocycles. The van der Waals surface area contributed by atoms with E-state index in [1.54, 1.807) is 0 Å². The Hall–Kier alpha value is -0.120. The minimum Gasteiger partial charge on any atom is -0.381 e. The summed E-state index contributed by atoms with van der Waals surface area (Å²) in [5.74, 6) is 1.63. The maximum absolute atomic E-state index is 5.60. The summed E-state index contributed by atoms with van der Waals surface area (Å²) >= 11 is 0. The van der Waals surface area contributed by atoms with Crippen LogP contribution < -0.4 is 10.6 Å². The van der Waals surface area contributed by atoms with Crippen LogP contribution >= 0.6 is 0 Å². The fraction of sp³-hybridized carbons (Fsp3) is 1.00. The number of hydrogen-bond donors (Lipinski definition) is 2. The van der Waals surface area contributed by atoms with Crippen LogP contribution in [0.5, 0.6) is 0 Å². The first-order valence-corrected chi connectivity index (χ1v) is 8.48. The monoisotopic (exact) mass is 266 g/mol. The van der Waals surface area contributed by atoms with Gasteiger partial charge >= 0.3 is 0 Å². The predicted octanol–water partition coefficient (Wildman–Crippen LogP) is 2.31. The summed E-state index contributed by atoms with van der Waals surface area (Å²) in [6.45, 7) is 4.37. The molecule has 3 heteroatoms. The van der Waals surface area contributed by atoms with Crippen molar-refractivity contribution in [3.05, 3.63) is 0 Å². The van der Waals surface area contributed by atoms with Crippen LogP contribution in [-0.4, -0.2) is 38.4 Å². The van der Waals surface area contributed by atoms with Gasteiger partial charge in [0, 0.05) is 25.2 Å². The summed E-state index contributed by atoms with van der Waals surface area (Å²) in [6.07, 6.45) is 11.1. The Morgan fingerprint density at radius 2 is 1.95 bits per heavy atom. The van der Waals surface area contributed by atoms with E-state index >= 15 is 0 Å². The second-order valence-electron chi connectivity index (χ2n) is 6.75. The molecule has 3 aliphatic rings. The van der Waals surface area contributed by atoms with Crippen LogP contribution in [0.2, 0.25) is 0 Å². The van der Waals surface area contributed by atoms with Crippen molar-refractivity contribution >= 4 is 0 Å². The molecule has 2 saturated heterocycles. The minimum absolute atomic E-state index is 0.756. The van der Waals surface area contributed by atoms with Gasteiger partial charge < -0.3 is 15.4 Å². The highest BCUT2D eigenvalue weighted by Gasteiger charge is 2.33. The molecule has 1 aliphatic carbocycles. The van der Waals surface area contributed by atoms with Crippen molar-refractivity contribution < 1.29 is 4.74 Å². The first-order valence-electron chi connectivity index (χ1n) is 8.48. The highest BCUT2D eigenvalue weighted by atomic mass is 16.5. The zero-order valence-electron chi connectivity index (χ0n) is 12.2. The topological polar surface area (TPSA) is 33.3 Å². The molecule has 3 fully saturated rings. The van der Waals surface area contributed by atoms with E-state index in [4.69, 9.17) is 4.74 Å². The molecule has 0 radical (unpaired) electrons. The zero-order chi connectivity index (χ0) is 12.9. The van der Waals surface area contributed by atoms with Gasteiger partial charge in [0.25, 0.3) is 0 Å². The average Bonchev–Trinajstić information content (AvgIpc) is 3.01. The van der Waals surface area contributed by atoms with Gasteiger partial charge in [-0.2, -0.15) is 0 Å². The van der Waals surface area contributed by atoms with Gasteiger partial charge in [0.05, 0.1) is 6.61 Å². The Labute approximate surface area is 117 Å². The lowest BCUT2D eigenvalue weighted by Crippen LogP contribution is -2.48. The van der Waals surface area contributed by atoms with Crippen LogP contribution in [0.3, 0.4) is 0 Å². The quantitative estimate of drug-likeness (QED) is 0.819. The first-order chi connectivity index (χ1) is 9.43. The molecule has 3 nitrogen and oxygen atoms in total. The third-order valence-corrected chi connectivity index (χ3v) is 5.36. The van der Waals surface area contributed by atoms with Gasteiger partial charge in [0.1, 0.15) is 0 Å². The van der Waals surface area contributed by atoms with E-state index in [0.29, 0.717) is 0 Å². The summed E-state index contributed by atoms with van der Waals surface area (Å²) in [5, 5.41) is 7.63. The van der Waals surface area contributed by atoms with Crippen molar-refractivity contribution in [3.63, 3.8) is 0 Å². The summed E-state index contributed by atoms with van der Waals surface area (Å²) in [7, 11) is 0. The normalized spacial score (nSPS) is 40.4. The van der Waals surface area contributed by atoms with Crippen LogP contribution in [0.1, 0.15) is 51.4 Å². The van der Waals surface area contributed by atoms with Crippen LogP contribution in [-0.2, 0) is 4.74 Å². The first kappa shape index (κ1) is 13.8. The van der Waals surface area contributed by atoms with Gasteiger partial charge in [-0.05, 0) is 56.9 Å². The fourth-order valence-corrected chi connectivity index (χ4v) is 4.26. The fourth-order valence-electron chi connectivity index (χ4n) is 4.26. The molecule has 2 aliphatic heterocycles. The van der Waals surface area contributed by atoms with E-state index in [1.807, 2.05) is 0 Å². The number of hydrogen-bond acceptors (Lipinski definition) is 3. The second kappa shape index (κ2) is 7.05. The summed E-state index contributed by atoms with van der Waals surface area (Å²) in [6, 6.07) is 1.55. The van der Waals surface area contributed by atoms with Crippen LogP contribution in [0.4, 0.5) is 0 Å². The molecule has 2 N–H and O–H groups in total. The maximum atomic E-state index is 5.60. The molecule has 0 amide bonds. The highest BCUT2D eigenvalue weighted by Crippen LogP contribution is 2.30. The van der Waals surface area contributed by atoms with E-state index in [2.05, 4.69) is 10.6 Å². The smallest absolute Gasteiger partial charge is 0.0506 e. The van der Waals surface area contributed by atoms with Gasteiger partial charge in [0.2, 0.25) is 0 Å². The molecule has 1 saturated carbocycles. The van der Waals surface area contributed by atoms with Crippen molar-refractivity contribution in [2.24, 2.45) is 11.8 Å². The molecule has 0 aromatic heterocycles. The van der Waals surface area contributed by atoms with Crippen LogP contribution in [0.25, 0.3) is 0 Å². The van der Waals surface area contributed by atoms with Gasteiger partial charge in [-0.15, -0.1) is 0 Å². The molecule has 0 bridgehead atoms. The summed E-state index contributed by atoms with van der Waals surface area (Å²) in [5.41, 5.74) is 0. The lowest BCUT2D eigenvalue weighted by Gasteiger charge is -2.37. The Bertz CT molecular complexity index is 259. The molecule has 4 unspecified atom stereocenters. The molecular weight excluding hydrogens is 236 g/mol. The lowest BCUT2D eigenvalue weighted by atomic mass is 9.79. The number of ether oxygens (including phenoxy) is 1. The number of rotatable bonds is 4. The molecule has 2 heterocycles. The summed E-state index contributed by atoms with van der Waals surface area (Å²) in [4.78, 5) is 0. The lowest BCUT2D eigenvalue weighted by molar-refractivity contribution is 0.0514. The molecule has 110 valence electrons. The average molecular weight is 266 g/mol. The molecule has 3 rings (SSSR count). The summed E-state index contributed by atoms with van der Waals surface area (Å²) < 4.78 is 5.60. The maximum Gasteiger partial charge on any atom is 0.0506 e. The van der Waals surface area contributed by atoms with Gasteiger partial charge in [-0.3, -0.25) is 0 Å². The van der Waals surface area contributed by atoms with Crippen molar-refractivity contribution in [2.75, 3.05) is 26.3 Å². The highest BCUT2D eigenvalue weighted by molar-refractivity contribution is 4.91. The molecular formula is C16H30N2O. The Morgan fingerprint density at radius 1 is 1.00 bits per heavy atom. The molecule has 0 spiro atoms. The minimum atomic E-state index is 0.756. The largest absolute Gasteiger partial charge is 0.381 e. The van der Waals surface area contributed by atoms with Crippen LogP contribution in [0, 0.1) is 11.8 Å². The Balaban J connectivity index is 1.48. The molecule has 4 atom stereocenters. The number of nitrogens with one attached hydrogen (secondary N) is 2. The Kier molecular flexibility index (Phi) is 5.14. The van der Waals surface area contributed by atoms with Crippen molar-refractivity contribution in [3.8, 4) is 0 Å². The molecule has 0 aromatic rings. The van der Waals surface area contributed by atoms with E-state index in [0.717, 1.165) is 37.1 Å².